The Morgan fingerprint density at radius 3 is 2.62 bits per heavy atom. The van der Waals surface area contributed by atoms with Gasteiger partial charge in [0, 0.05) is 12.3 Å². The average Bonchev–Trinajstić information content (AvgIpc) is 2.28. The molecule has 0 radical (unpaired) electrons. The van der Waals surface area contributed by atoms with Crippen LogP contribution in [-0.4, -0.2) is 23.7 Å². The number of hydrogen-bond donors (Lipinski definition) is 0. The number of rotatable bonds is 3. The fraction of sp³-hybridized carbons (Fsp3) is 0.364. The molecule has 0 fully saturated rings. The smallest absolute Gasteiger partial charge is 0.349 e. The Labute approximate surface area is 93.6 Å². The van der Waals surface area contributed by atoms with Crippen molar-refractivity contribution in [3.8, 4) is 11.9 Å². The van der Waals surface area contributed by atoms with E-state index in [1.165, 1.54) is 19.4 Å². The lowest BCUT2D eigenvalue weighted by Crippen LogP contribution is -2.39. The second-order valence-electron chi connectivity index (χ2n) is 3.60. The van der Waals surface area contributed by atoms with Crippen LogP contribution in [0.1, 0.15) is 19.4 Å². The third kappa shape index (κ3) is 2.70. The van der Waals surface area contributed by atoms with Gasteiger partial charge in [-0.3, -0.25) is 0 Å². The fourth-order valence-electron chi connectivity index (χ4n) is 1.06. The van der Waals surface area contributed by atoms with Crippen molar-refractivity contribution in [2.45, 2.75) is 19.4 Å². The van der Waals surface area contributed by atoms with Crippen molar-refractivity contribution in [1.82, 2.24) is 4.98 Å². The van der Waals surface area contributed by atoms with Gasteiger partial charge in [-0.25, -0.2) is 9.78 Å². The van der Waals surface area contributed by atoms with E-state index in [2.05, 4.69) is 9.72 Å². The number of methoxy groups -OCH3 is 1. The van der Waals surface area contributed by atoms with Gasteiger partial charge in [-0.15, -0.1) is 0 Å². The Balaban J connectivity index is 2.81. The van der Waals surface area contributed by atoms with E-state index >= 15 is 0 Å². The van der Waals surface area contributed by atoms with E-state index < -0.39 is 11.6 Å². The van der Waals surface area contributed by atoms with E-state index in [4.69, 9.17) is 10.00 Å². The van der Waals surface area contributed by atoms with Gasteiger partial charge in [-0.1, -0.05) is 0 Å². The van der Waals surface area contributed by atoms with Gasteiger partial charge in [0.1, 0.15) is 6.07 Å². The number of nitriles is 1. The molecule has 0 unspecified atom stereocenters. The second kappa shape index (κ2) is 4.62. The fourth-order valence-corrected chi connectivity index (χ4v) is 1.06. The largest absolute Gasteiger partial charge is 0.466 e. The molecule has 16 heavy (non-hydrogen) atoms. The molecule has 1 rings (SSSR count). The van der Waals surface area contributed by atoms with Crippen LogP contribution in [-0.2, 0) is 9.53 Å². The van der Waals surface area contributed by atoms with Gasteiger partial charge in [0.15, 0.2) is 0 Å². The summed E-state index contributed by atoms with van der Waals surface area (Å²) >= 11 is 0. The highest BCUT2D eigenvalue weighted by Crippen LogP contribution is 2.17. The predicted molar refractivity (Wildman–Crippen MR) is 55.7 cm³/mol. The van der Waals surface area contributed by atoms with E-state index in [-0.39, 0.29) is 5.88 Å². The van der Waals surface area contributed by atoms with Crippen LogP contribution in [0.15, 0.2) is 18.3 Å². The van der Waals surface area contributed by atoms with Crippen molar-refractivity contribution in [1.29, 1.82) is 5.26 Å². The number of esters is 1. The number of pyridine rings is 1. The zero-order valence-electron chi connectivity index (χ0n) is 9.35. The highest BCUT2D eigenvalue weighted by atomic mass is 16.6. The van der Waals surface area contributed by atoms with Crippen LogP contribution in [0.25, 0.3) is 0 Å². The average molecular weight is 220 g/mol. The minimum absolute atomic E-state index is 0.273. The highest BCUT2D eigenvalue weighted by molar-refractivity contribution is 5.78. The molecule has 0 bridgehead atoms. The summed E-state index contributed by atoms with van der Waals surface area (Å²) in [5.74, 6) is -0.215. The summed E-state index contributed by atoms with van der Waals surface area (Å²) in [5.41, 5.74) is -0.668. The second-order valence-corrected chi connectivity index (χ2v) is 3.60. The van der Waals surface area contributed by atoms with E-state index in [1.54, 1.807) is 19.9 Å². The molecule has 0 saturated heterocycles. The first-order valence-electron chi connectivity index (χ1n) is 4.63. The lowest BCUT2D eigenvalue weighted by Gasteiger charge is -2.22. The van der Waals surface area contributed by atoms with Gasteiger partial charge >= 0.3 is 5.97 Å². The number of hydrogen-bond acceptors (Lipinski definition) is 5. The normalized spacial score (nSPS) is 10.4. The SMILES string of the molecule is COC(=O)C(C)(C)Oc1ccc(C#N)cn1. The Morgan fingerprint density at radius 2 is 2.19 bits per heavy atom. The summed E-state index contributed by atoms with van der Waals surface area (Å²) in [4.78, 5) is 15.2. The number of ether oxygens (including phenoxy) is 2. The van der Waals surface area contributed by atoms with Gasteiger partial charge < -0.3 is 9.47 Å². The van der Waals surface area contributed by atoms with E-state index in [0.29, 0.717) is 5.56 Å². The first kappa shape index (κ1) is 12.0. The molecule has 0 aliphatic rings. The van der Waals surface area contributed by atoms with Crippen LogP contribution in [0, 0.1) is 11.3 Å². The van der Waals surface area contributed by atoms with Crippen LogP contribution < -0.4 is 4.74 Å². The molecule has 0 aliphatic carbocycles. The molecule has 0 saturated carbocycles. The van der Waals surface area contributed by atoms with Crippen molar-refractivity contribution in [2.75, 3.05) is 7.11 Å². The van der Waals surface area contributed by atoms with Gasteiger partial charge in [0.2, 0.25) is 11.5 Å². The van der Waals surface area contributed by atoms with Crippen molar-refractivity contribution < 1.29 is 14.3 Å². The lowest BCUT2D eigenvalue weighted by molar-refractivity contribution is -0.156. The molecule has 0 atom stereocenters. The minimum atomic E-state index is -1.10. The molecule has 1 aromatic heterocycles. The maximum absolute atomic E-state index is 11.3. The Kier molecular flexibility index (Phi) is 3.46. The summed E-state index contributed by atoms with van der Waals surface area (Å²) in [5, 5.41) is 8.58. The number of nitrogens with zero attached hydrogens (tertiary/aromatic N) is 2. The first-order chi connectivity index (χ1) is 7.49. The third-order valence-corrected chi connectivity index (χ3v) is 1.90. The van der Waals surface area contributed by atoms with Crippen LogP contribution in [0.3, 0.4) is 0 Å². The molecule has 5 heteroatoms. The Bertz CT molecular complexity index is 418. The Morgan fingerprint density at radius 1 is 1.50 bits per heavy atom. The molecule has 84 valence electrons. The zero-order chi connectivity index (χ0) is 12.2. The van der Waals surface area contributed by atoms with E-state index in [1.807, 2.05) is 6.07 Å². The van der Waals surface area contributed by atoms with Crippen molar-refractivity contribution >= 4 is 5.97 Å². The highest BCUT2D eigenvalue weighted by Gasteiger charge is 2.31. The zero-order valence-corrected chi connectivity index (χ0v) is 9.35. The molecule has 1 heterocycles. The van der Waals surface area contributed by atoms with Gasteiger partial charge in [-0.2, -0.15) is 5.26 Å². The quantitative estimate of drug-likeness (QED) is 0.717. The molecule has 5 nitrogen and oxygen atoms in total. The molecular formula is C11H12N2O3. The van der Waals surface area contributed by atoms with Gasteiger partial charge in [-0.05, 0) is 19.9 Å². The lowest BCUT2D eigenvalue weighted by atomic mass is 10.1. The number of aromatic nitrogens is 1. The van der Waals surface area contributed by atoms with Crippen molar-refractivity contribution in [3.63, 3.8) is 0 Å². The van der Waals surface area contributed by atoms with Crippen molar-refractivity contribution in [3.05, 3.63) is 23.9 Å². The number of carbonyl (C=O) groups is 1. The Hall–Kier alpha value is -2.09. The molecule has 0 aliphatic heterocycles. The predicted octanol–water partition coefficient (Wildman–Crippen LogP) is 1.28. The summed E-state index contributed by atoms with van der Waals surface area (Å²) in [7, 11) is 1.29. The molecule has 0 aromatic carbocycles. The molecule has 0 N–H and O–H groups in total. The molecule has 0 spiro atoms. The monoisotopic (exact) mass is 220 g/mol. The first-order valence-corrected chi connectivity index (χ1v) is 4.63. The summed E-state index contributed by atoms with van der Waals surface area (Å²) in [6.45, 7) is 3.16. The maximum Gasteiger partial charge on any atom is 0.349 e. The van der Waals surface area contributed by atoms with Gasteiger partial charge in [0.05, 0.1) is 12.7 Å². The summed E-state index contributed by atoms with van der Waals surface area (Å²) in [6, 6.07) is 5.04. The van der Waals surface area contributed by atoms with Crippen LogP contribution in [0.5, 0.6) is 5.88 Å². The summed E-state index contributed by atoms with van der Waals surface area (Å²) in [6.07, 6.45) is 1.38. The van der Waals surface area contributed by atoms with Crippen LogP contribution in [0.4, 0.5) is 0 Å². The minimum Gasteiger partial charge on any atom is -0.466 e. The van der Waals surface area contributed by atoms with E-state index in [9.17, 15) is 4.79 Å². The summed E-state index contributed by atoms with van der Waals surface area (Å²) < 4.78 is 9.95. The van der Waals surface area contributed by atoms with Crippen molar-refractivity contribution in [2.24, 2.45) is 0 Å². The topological polar surface area (TPSA) is 72.2 Å². The molecular weight excluding hydrogens is 208 g/mol. The van der Waals surface area contributed by atoms with Crippen LogP contribution >= 0.6 is 0 Å². The number of carbonyl (C=O) groups excluding carboxylic acids is 1. The van der Waals surface area contributed by atoms with Gasteiger partial charge in [0.25, 0.3) is 0 Å². The van der Waals surface area contributed by atoms with Crippen LogP contribution in [0.2, 0.25) is 0 Å². The third-order valence-electron chi connectivity index (χ3n) is 1.90. The molecule has 0 amide bonds. The molecule has 1 aromatic rings. The maximum atomic E-state index is 11.3. The standard InChI is InChI=1S/C11H12N2O3/c1-11(2,10(14)15-3)16-9-5-4-8(6-12)7-13-9/h4-5,7H,1-3H3. The van der Waals surface area contributed by atoms with E-state index in [0.717, 1.165) is 0 Å².